The second kappa shape index (κ2) is 6.74. The molecule has 1 heterocycles. The Morgan fingerprint density at radius 2 is 2.10 bits per heavy atom. The summed E-state index contributed by atoms with van der Waals surface area (Å²) in [5.74, 6) is 0. The summed E-state index contributed by atoms with van der Waals surface area (Å²) in [4.78, 5) is 2.47. The van der Waals surface area contributed by atoms with Crippen LogP contribution in [0.25, 0.3) is 0 Å². The molecule has 6 nitrogen and oxygen atoms in total. The molecule has 1 saturated heterocycles. The Bertz CT molecular complexity index is 573. The fourth-order valence-electron chi connectivity index (χ4n) is 2.49. The third-order valence-electron chi connectivity index (χ3n) is 3.60. The van der Waals surface area contributed by atoms with Crippen LogP contribution in [-0.2, 0) is 14.8 Å². The molecular formula is C14H23N3O3S. The molecule has 1 atom stereocenters. The van der Waals surface area contributed by atoms with Crippen LogP contribution in [0.3, 0.4) is 0 Å². The first-order valence-electron chi connectivity index (χ1n) is 6.99. The van der Waals surface area contributed by atoms with Crippen molar-refractivity contribution in [3.8, 4) is 0 Å². The van der Waals surface area contributed by atoms with E-state index in [1.165, 1.54) is 4.31 Å². The van der Waals surface area contributed by atoms with Gasteiger partial charge in [-0.05, 0) is 19.2 Å². The standard InChI is InChI=1S/C14H23N3O3S/c1-15-10-12-11-20-9-8-17(12)13-6-4-5-7-14(13)21(18,19)16(2)3/h4-7,12,15H,8-11H2,1-3H3. The minimum Gasteiger partial charge on any atom is -0.377 e. The van der Waals surface area contributed by atoms with E-state index in [4.69, 9.17) is 4.74 Å². The zero-order chi connectivity index (χ0) is 15.5. The molecule has 7 heteroatoms. The number of nitrogens with zero attached hydrogens (tertiary/aromatic N) is 2. The maximum atomic E-state index is 12.5. The number of hydrogen-bond donors (Lipinski definition) is 1. The molecular weight excluding hydrogens is 290 g/mol. The van der Waals surface area contributed by atoms with E-state index in [0.717, 1.165) is 12.2 Å². The second-order valence-electron chi connectivity index (χ2n) is 5.23. The summed E-state index contributed by atoms with van der Waals surface area (Å²) in [6.45, 7) is 2.64. The summed E-state index contributed by atoms with van der Waals surface area (Å²) >= 11 is 0. The van der Waals surface area contributed by atoms with E-state index in [2.05, 4.69) is 10.2 Å². The number of para-hydroxylation sites is 1. The van der Waals surface area contributed by atoms with E-state index in [0.29, 0.717) is 24.7 Å². The second-order valence-corrected chi connectivity index (χ2v) is 7.36. The first-order chi connectivity index (χ1) is 9.98. The molecule has 0 aromatic heterocycles. The number of morpholine rings is 1. The number of sulfonamides is 1. The van der Waals surface area contributed by atoms with Crippen LogP contribution >= 0.6 is 0 Å². The number of likely N-dealkylation sites (N-methyl/N-ethyl adjacent to an activating group) is 1. The van der Waals surface area contributed by atoms with Crippen LogP contribution in [-0.4, -0.2) is 66.2 Å². The smallest absolute Gasteiger partial charge is 0.244 e. The van der Waals surface area contributed by atoms with Crippen molar-refractivity contribution >= 4 is 15.7 Å². The predicted molar refractivity (Wildman–Crippen MR) is 83.2 cm³/mol. The van der Waals surface area contributed by atoms with Gasteiger partial charge in [0.05, 0.1) is 24.9 Å². The molecule has 1 fully saturated rings. The van der Waals surface area contributed by atoms with Crippen molar-refractivity contribution in [1.82, 2.24) is 9.62 Å². The topological polar surface area (TPSA) is 61.9 Å². The maximum absolute atomic E-state index is 12.5. The molecule has 0 amide bonds. The van der Waals surface area contributed by atoms with Gasteiger partial charge in [-0.1, -0.05) is 12.1 Å². The molecule has 118 valence electrons. The summed E-state index contributed by atoms with van der Waals surface area (Å²) in [5, 5.41) is 3.14. The quantitative estimate of drug-likeness (QED) is 0.850. The zero-order valence-corrected chi connectivity index (χ0v) is 13.6. The van der Waals surface area contributed by atoms with Crippen LogP contribution in [0.15, 0.2) is 29.2 Å². The average molecular weight is 313 g/mol. The Morgan fingerprint density at radius 3 is 2.76 bits per heavy atom. The molecule has 2 rings (SSSR count). The lowest BCUT2D eigenvalue weighted by Gasteiger charge is -2.38. The minimum absolute atomic E-state index is 0.127. The van der Waals surface area contributed by atoms with Gasteiger partial charge >= 0.3 is 0 Å². The maximum Gasteiger partial charge on any atom is 0.244 e. The Labute approximate surface area is 126 Å². The summed E-state index contributed by atoms with van der Waals surface area (Å²) in [6, 6.07) is 7.28. The third kappa shape index (κ3) is 3.37. The molecule has 0 aliphatic carbocycles. The van der Waals surface area contributed by atoms with E-state index < -0.39 is 10.0 Å². The number of anilines is 1. The lowest BCUT2D eigenvalue weighted by atomic mass is 10.2. The zero-order valence-electron chi connectivity index (χ0n) is 12.7. The monoisotopic (exact) mass is 313 g/mol. The molecule has 1 unspecified atom stereocenters. The van der Waals surface area contributed by atoms with Crippen LogP contribution in [0.5, 0.6) is 0 Å². The summed E-state index contributed by atoms with van der Waals surface area (Å²) < 4.78 is 31.8. The number of nitrogens with one attached hydrogen (secondary N) is 1. The summed E-state index contributed by atoms with van der Waals surface area (Å²) in [7, 11) is 1.52. The van der Waals surface area contributed by atoms with Crippen LogP contribution in [0.4, 0.5) is 5.69 Å². The van der Waals surface area contributed by atoms with Gasteiger partial charge in [-0.15, -0.1) is 0 Å². The first-order valence-corrected chi connectivity index (χ1v) is 8.43. The largest absolute Gasteiger partial charge is 0.377 e. The molecule has 1 N–H and O–H groups in total. The minimum atomic E-state index is -3.46. The van der Waals surface area contributed by atoms with E-state index in [9.17, 15) is 8.42 Å². The van der Waals surface area contributed by atoms with Gasteiger partial charge in [-0.3, -0.25) is 0 Å². The fraction of sp³-hybridized carbons (Fsp3) is 0.571. The Balaban J connectivity index is 2.44. The molecule has 1 aliphatic heterocycles. The molecule has 0 saturated carbocycles. The van der Waals surface area contributed by atoms with Crippen molar-refractivity contribution in [2.24, 2.45) is 0 Å². The van der Waals surface area contributed by atoms with Gasteiger partial charge in [-0.25, -0.2) is 12.7 Å². The van der Waals surface area contributed by atoms with Crippen molar-refractivity contribution < 1.29 is 13.2 Å². The SMILES string of the molecule is CNCC1COCCN1c1ccccc1S(=O)(=O)N(C)C. The van der Waals surface area contributed by atoms with E-state index in [1.54, 1.807) is 26.2 Å². The van der Waals surface area contributed by atoms with Gasteiger partial charge < -0.3 is 15.0 Å². The van der Waals surface area contributed by atoms with Gasteiger partial charge in [0, 0.05) is 27.2 Å². The van der Waals surface area contributed by atoms with Crippen LogP contribution in [0.1, 0.15) is 0 Å². The van der Waals surface area contributed by atoms with E-state index in [-0.39, 0.29) is 6.04 Å². The fourth-order valence-corrected chi connectivity index (χ4v) is 3.58. The number of rotatable bonds is 5. The molecule has 0 radical (unpaired) electrons. The van der Waals surface area contributed by atoms with Crippen molar-refractivity contribution in [2.45, 2.75) is 10.9 Å². The highest BCUT2D eigenvalue weighted by Gasteiger charge is 2.29. The van der Waals surface area contributed by atoms with Gasteiger partial charge in [0.15, 0.2) is 0 Å². The normalized spacial score (nSPS) is 20.0. The number of benzene rings is 1. The number of hydrogen-bond acceptors (Lipinski definition) is 5. The molecule has 1 aromatic rings. The van der Waals surface area contributed by atoms with Crippen molar-refractivity contribution in [2.75, 3.05) is 52.3 Å². The highest BCUT2D eigenvalue weighted by molar-refractivity contribution is 7.89. The van der Waals surface area contributed by atoms with Crippen LogP contribution in [0.2, 0.25) is 0 Å². The third-order valence-corrected chi connectivity index (χ3v) is 5.46. The molecule has 1 aliphatic rings. The molecule has 0 bridgehead atoms. The summed E-state index contributed by atoms with van der Waals surface area (Å²) in [6.07, 6.45) is 0. The average Bonchev–Trinajstić information content (AvgIpc) is 2.48. The molecule has 21 heavy (non-hydrogen) atoms. The first kappa shape index (κ1) is 16.2. The van der Waals surface area contributed by atoms with Crippen molar-refractivity contribution in [3.05, 3.63) is 24.3 Å². The van der Waals surface area contributed by atoms with E-state index >= 15 is 0 Å². The van der Waals surface area contributed by atoms with Crippen molar-refractivity contribution in [1.29, 1.82) is 0 Å². The van der Waals surface area contributed by atoms with Gasteiger partial charge in [0.1, 0.15) is 4.90 Å². The lowest BCUT2D eigenvalue weighted by molar-refractivity contribution is 0.0940. The Kier molecular flexibility index (Phi) is 5.21. The molecule has 1 aromatic carbocycles. The van der Waals surface area contributed by atoms with Crippen LogP contribution < -0.4 is 10.2 Å². The summed E-state index contributed by atoms with van der Waals surface area (Å²) in [5.41, 5.74) is 0.745. The lowest BCUT2D eigenvalue weighted by Crippen LogP contribution is -2.50. The van der Waals surface area contributed by atoms with Gasteiger partial charge in [-0.2, -0.15) is 0 Å². The van der Waals surface area contributed by atoms with Crippen molar-refractivity contribution in [3.63, 3.8) is 0 Å². The Hall–Kier alpha value is -1.15. The number of ether oxygens (including phenoxy) is 1. The van der Waals surface area contributed by atoms with Gasteiger partial charge in [0.2, 0.25) is 10.0 Å². The van der Waals surface area contributed by atoms with Crippen LogP contribution in [0, 0.1) is 0 Å². The molecule has 0 spiro atoms. The highest BCUT2D eigenvalue weighted by atomic mass is 32.2. The van der Waals surface area contributed by atoms with E-state index in [1.807, 2.05) is 19.2 Å². The van der Waals surface area contributed by atoms with Gasteiger partial charge in [0.25, 0.3) is 0 Å². The Morgan fingerprint density at radius 1 is 1.38 bits per heavy atom. The predicted octanol–water partition coefficient (Wildman–Crippen LogP) is 0.362. The highest BCUT2D eigenvalue weighted by Crippen LogP contribution is 2.29.